The van der Waals surface area contributed by atoms with Crippen LogP contribution in [0, 0.1) is 23.2 Å². The van der Waals surface area contributed by atoms with Gasteiger partial charge in [0.2, 0.25) is 5.91 Å². The third kappa shape index (κ3) is 4.85. The third-order valence-corrected chi connectivity index (χ3v) is 9.76. The summed E-state index contributed by atoms with van der Waals surface area (Å²) in [6.45, 7) is 9.40. The zero-order valence-corrected chi connectivity index (χ0v) is 22.3. The Bertz CT molecular complexity index is 1070. The number of ether oxygens (including phenoxy) is 2. The molecule has 1 N–H and O–H groups in total. The molecular formula is C27H35ClN2O4S. The molecular weight excluding hydrogens is 484 g/mol. The van der Waals surface area contributed by atoms with Crippen molar-refractivity contribution in [3.63, 3.8) is 0 Å². The van der Waals surface area contributed by atoms with Crippen molar-refractivity contribution in [2.75, 3.05) is 26.3 Å². The monoisotopic (exact) mass is 518 g/mol. The lowest BCUT2D eigenvalue weighted by atomic mass is 9.53. The summed E-state index contributed by atoms with van der Waals surface area (Å²) in [4.78, 5) is 21.4. The van der Waals surface area contributed by atoms with Crippen LogP contribution in [0.1, 0.15) is 55.1 Å². The fourth-order valence-electron chi connectivity index (χ4n) is 6.62. The summed E-state index contributed by atoms with van der Waals surface area (Å²) >= 11 is 7.80. The summed E-state index contributed by atoms with van der Waals surface area (Å²) in [5, 5.41) is 13.3. The van der Waals surface area contributed by atoms with Gasteiger partial charge >= 0.3 is 0 Å². The normalized spacial score (nSPS) is 31.4. The molecule has 35 heavy (non-hydrogen) atoms. The topological polar surface area (TPSA) is 71.9 Å². The maximum Gasteiger partial charge on any atom is 0.225 e. The van der Waals surface area contributed by atoms with Gasteiger partial charge in [0.25, 0.3) is 0 Å². The molecule has 190 valence electrons. The number of carbonyl (C=O) groups is 1. The smallest absolute Gasteiger partial charge is 0.225 e. The number of aromatic nitrogens is 1. The summed E-state index contributed by atoms with van der Waals surface area (Å²) in [5.74, 6) is 0.867. The van der Waals surface area contributed by atoms with Gasteiger partial charge in [-0.3, -0.25) is 4.79 Å². The van der Waals surface area contributed by atoms with Crippen molar-refractivity contribution in [1.29, 1.82) is 0 Å². The van der Waals surface area contributed by atoms with Crippen molar-refractivity contribution < 1.29 is 19.4 Å². The van der Waals surface area contributed by atoms with E-state index in [4.69, 9.17) is 26.1 Å². The number of thiazole rings is 1. The van der Waals surface area contributed by atoms with E-state index in [0.29, 0.717) is 37.9 Å². The first-order valence-electron chi connectivity index (χ1n) is 12.7. The van der Waals surface area contributed by atoms with Crippen LogP contribution in [0.3, 0.4) is 0 Å². The molecule has 0 unspecified atom stereocenters. The van der Waals surface area contributed by atoms with Crippen LogP contribution in [0.2, 0.25) is 5.02 Å². The number of amides is 1. The molecule has 6 atom stereocenters. The SMILES string of the molecule is C[C@H](C(=O)N1CCOCC1)[C@H]1CC[C@]2(C)Cc3sc(COc4cccc(Cl)c4)nc3[C@H](C)[C@@H]2[C@H]1O. The zero-order valence-electron chi connectivity index (χ0n) is 20.7. The van der Waals surface area contributed by atoms with E-state index >= 15 is 0 Å². The molecule has 2 fully saturated rings. The number of carbonyl (C=O) groups excluding carboxylic acids is 1. The standard InChI is InChI=1S/C27H35ClN2O4S/c1-16(26(32)30-9-11-33-12-10-30)20-7-8-27(3)14-21-24(17(2)23(27)25(20)31)29-22(35-21)15-34-19-6-4-5-18(28)13-19/h4-6,13,16-17,20,23,25,31H,7-12,14-15H2,1-3H3/t16-,17+,20+,23+,25-,27+/m0/s1. The van der Waals surface area contributed by atoms with Gasteiger partial charge in [0, 0.05) is 34.8 Å². The Labute approximate surface area is 216 Å². The van der Waals surface area contributed by atoms with Crippen LogP contribution in [-0.2, 0) is 22.6 Å². The van der Waals surface area contributed by atoms with Crippen LogP contribution in [0.25, 0.3) is 0 Å². The molecule has 1 aromatic carbocycles. The van der Waals surface area contributed by atoms with Crippen LogP contribution >= 0.6 is 22.9 Å². The van der Waals surface area contributed by atoms with E-state index in [-0.39, 0.29) is 35.0 Å². The number of hydrogen-bond acceptors (Lipinski definition) is 6. The van der Waals surface area contributed by atoms with E-state index < -0.39 is 6.10 Å². The highest BCUT2D eigenvalue weighted by atomic mass is 35.5. The van der Waals surface area contributed by atoms with E-state index in [1.807, 2.05) is 36.1 Å². The number of nitrogens with zero attached hydrogens (tertiary/aromatic N) is 2. The summed E-state index contributed by atoms with van der Waals surface area (Å²) in [6.07, 6.45) is 2.28. The van der Waals surface area contributed by atoms with Crippen molar-refractivity contribution in [1.82, 2.24) is 9.88 Å². The Kier molecular flexibility index (Phi) is 7.14. The molecule has 6 nitrogen and oxygen atoms in total. The molecule has 2 heterocycles. The second kappa shape index (κ2) is 10.0. The van der Waals surface area contributed by atoms with Gasteiger partial charge in [-0.05, 0) is 54.7 Å². The predicted octanol–water partition coefficient (Wildman–Crippen LogP) is 4.92. The third-order valence-electron chi connectivity index (χ3n) is 8.48. The van der Waals surface area contributed by atoms with E-state index in [1.54, 1.807) is 11.3 Å². The lowest BCUT2D eigenvalue weighted by Gasteiger charge is -2.53. The minimum absolute atomic E-state index is 0.00167. The van der Waals surface area contributed by atoms with Gasteiger partial charge in [-0.2, -0.15) is 0 Å². The number of aliphatic hydroxyl groups excluding tert-OH is 1. The Morgan fingerprint density at radius 3 is 2.91 bits per heavy atom. The van der Waals surface area contributed by atoms with Crippen LogP contribution in [0.15, 0.2) is 24.3 Å². The number of halogens is 1. The van der Waals surface area contributed by atoms with Crippen LogP contribution in [0.5, 0.6) is 5.75 Å². The molecule has 8 heteroatoms. The number of morpholine rings is 1. The van der Waals surface area contributed by atoms with Gasteiger partial charge in [-0.25, -0.2) is 4.98 Å². The molecule has 3 aliphatic rings. The van der Waals surface area contributed by atoms with Crippen molar-refractivity contribution >= 4 is 28.8 Å². The molecule has 5 rings (SSSR count). The van der Waals surface area contributed by atoms with Crippen LogP contribution in [-0.4, -0.2) is 53.3 Å². The fraction of sp³-hybridized carbons (Fsp3) is 0.630. The van der Waals surface area contributed by atoms with Crippen LogP contribution < -0.4 is 4.74 Å². The van der Waals surface area contributed by atoms with Crippen molar-refractivity contribution in [2.45, 2.75) is 58.7 Å². The van der Waals surface area contributed by atoms with Crippen LogP contribution in [0.4, 0.5) is 0 Å². The molecule has 1 amide bonds. The lowest BCUT2D eigenvalue weighted by Crippen LogP contribution is -2.54. The van der Waals surface area contributed by atoms with E-state index in [9.17, 15) is 9.90 Å². The molecule has 2 aromatic rings. The summed E-state index contributed by atoms with van der Waals surface area (Å²) in [6, 6.07) is 7.41. The molecule has 2 aliphatic carbocycles. The fourth-order valence-corrected chi connectivity index (χ4v) is 8.08. The first-order valence-corrected chi connectivity index (χ1v) is 13.9. The van der Waals surface area contributed by atoms with Gasteiger partial charge in [0.15, 0.2) is 0 Å². The van der Waals surface area contributed by atoms with Gasteiger partial charge < -0.3 is 19.5 Å². The molecule has 1 aliphatic heterocycles. The minimum atomic E-state index is -0.523. The maximum absolute atomic E-state index is 13.2. The molecule has 1 saturated carbocycles. The average molecular weight is 519 g/mol. The highest BCUT2D eigenvalue weighted by Gasteiger charge is 2.54. The van der Waals surface area contributed by atoms with Gasteiger partial charge in [-0.15, -0.1) is 11.3 Å². The highest BCUT2D eigenvalue weighted by Crippen LogP contribution is 2.57. The second-order valence-corrected chi connectivity index (χ2v) is 12.3. The summed E-state index contributed by atoms with van der Waals surface area (Å²) in [7, 11) is 0. The Morgan fingerprint density at radius 1 is 1.40 bits per heavy atom. The Morgan fingerprint density at radius 2 is 2.17 bits per heavy atom. The first kappa shape index (κ1) is 25.0. The summed E-state index contributed by atoms with van der Waals surface area (Å²) in [5.41, 5.74) is 1.09. The van der Waals surface area contributed by atoms with Gasteiger partial charge in [-0.1, -0.05) is 38.4 Å². The molecule has 0 bridgehead atoms. The lowest BCUT2D eigenvalue weighted by molar-refractivity contribution is -0.148. The van der Waals surface area contributed by atoms with Crippen molar-refractivity contribution in [2.24, 2.45) is 23.2 Å². The first-order chi connectivity index (χ1) is 16.8. The van der Waals surface area contributed by atoms with Crippen molar-refractivity contribution in [3.05, 3.63) is 44.9 Å². The molecule has 1 aromatic heterocycles. The van der Waals surface area contributed by atoms with E-state index in [2.05, 4.69) is 13.8 Å². The predicted molar refractivity (Wildman–Crippen MR) is 137 cm³/mol. The quantitative estimate of drug-likeness (QED) is 0.608. The number of hydrogen-bond donors (Lipinski definition) is 1. The summed E-state index contributed by atoms with van der Waals surface area (Å²) < 4.78 is 11.4. The average Bonchev–Trinajstić information content (AvgIpc) is 3.25. The van der Waals surface area contributed by atoms with Gasteiger partial charge in [0.1, 0.15) is 17.4 Å². The number of fused-ring (bicyclic) bond motifs is 2. The Hall–Kier alpha value is -1.67. The zero-order chi connectivity index (χ0) is 24.7. The molecule has 0 radical (unpaired) electrons. The van der Waals surface area contributed by atoms with Gasteiger partial charge in [0.05, 0.1) is 25.0 Å². The highest BCUT2D eigenvalue weighted by molar-refractivity contribution is 7.11. The molecule has 1 saturated heterocycles. The largest absolute Gasteiger partial charge is 0.486 e. The molecule has 0 spiro atoms. The number of rotatable bonds is 5. The van der Waals surface area contributed by atoms with Crippen molar-refractivity contribution in [3.8, 4) is 5.75 Å². The maximum atomic E-state index is 13.2. The minimum Gasteiger partial charge on any atom is -0.486 e. The van der Waals surface area contributed by atoms with E-state index in [0.717, 1.165) is 35.7 Å². The van der Waals surface area contributed by atoms with E-state index in [1.165, 1.54) is 4.88 Å². The Balaban J connectivity index is 1.31. The number of benzene rings is 1. The second-order valence-electron chi connectivity index (χ2n) is 10.7. The number of aliphatic hydroxyl groups is 1.